The second-order valence-electron chi connectivity index (χ2n) is 3.90. The Morgan fingerprint density at radius 1 is 1.35 bits per heavy atom. The fraction of sp³-hybridized carbons (Fsp3) is 0.750. The molecular formula is C12H20N2O3. The Bertz CT molecular complexity index is 273. The average Bonchev–Trinajstić information content (AvgIpc) is 3.23. The normalized spacial score (nSPS) is 16.2. The molecule has 0 radical (unpaired) electrons. The molecule has 96 valence electrons. The van der Waals surface area contributed by atoms with Crippen LogP contribution >= 0.6 is 0 Å². The van der Waals surface area contributed by atoms with Gasteiger partial charge in [0.2, 0.25) is 0 Å². The van der Waals surface area contributed by atoms with Crippen molar-refractivity contribution in [2.75, 3.05) is 33.4 Å². The van der Waals surface area contributed by atoms with Gasteiger partial charge in [0, 0.05) is 39.1 Å². The summed E-state index contributed by atoms with van der Waals surface area (Å²) in [6.45, 7) is 2.81. The molecule has 0 atom stereocenters. The lowest BCUT2D eigenvalue weighted by atomic mass is 10.1. The fourth-order valence-electron chi connectivity index (χ4n) is 1.53. The number of piperidine rings is 1. The van der Waals surface area contributed by atoms with Gasteiger partial charge in [-0.1, -0.05) is 0 Å². The second kappa shape index (κ2) is 8.79. The molecule has 0 aromatic heterocycles. The van der Waals surface area contributed by atoms with Gasteiger partial charge in [-0.25, -0.2) is 9.79 Å². The van der Waals surface area contributed by atoms with Gasteiger partial charge in [-0.15, -0.1) is 0 Å². The zero-order valence-electron chi connectivity index (χ0n) is 10.4. The van der Waals surface area contributed by atoms with Crippen molar-refractivity contribution < 1.29 is 14.3 Å². The van der Waals surface area contributed by atoms with Gasteiger partial charge in [0.25, 0.3) is 0 Å². The van der Waals surface area contributed by atoms with E-state index in [1.54, 1.807) is 18.2 Å². The number of carbonyl (C=O) groups excluding carboxylic acids is 1. The van der Waals surface area contributed by atoms with Crippen LogP contribution in [0.15, 0.2) is 11.2 Å². The van der Waals surface area contributed by atoms with Crippen molar-refractivity contribution in [2.45, 2.75) is 25.7 Å². The molecule has 0 spiro atoms. The first-order chi connectivity index (χ1) is 8.34. The lowest BCUT2D eigenvalue weighted by Gasteiger charge is -2.25. The van der Waals surface area contributed by atoms with Crippen molar-refractivity contribution in [3.63, 3.8) is 0 Å². The summed E-state index contributed by atoms with van der Waals surface area (Å²) in [6, 6.07) is 0. The first-order valence-corrected chi connectivity index (χ1v) is 6.02. The summed E-state index contributed by atoms with van der Waals surface area (Å²) in [5, 5.41) is 0. The van der Waals surface area contributed by atoms with E-state index in [0.717, 1.165) is 32.4 Å². The van der Waals surface area contributed by atoms with Crippen LogP contribution < -0.4 is 0 Å². The highest BCUT2D eigenvalue weighted by Crippen LogP contribution is 2.09. The summed E-state index contributed by atoms with van der Waals surface area (Å²) in [4.78, 5) is 16.6. The number of aliphatic imine (C=N–C) groups is 1. The molecule has 0 unspecified atom stereocenters. The van der Waals surface area contributed by atoms with Crippen LogP contribution in [0.2, 0.25) is 0 Å². The molecular weight excluding hydrogens is 220 g/mol. The van der Waals surface area contributed by atoms with E-state index in [0.29, 0.717) is 13.2 Å². The third-order valence-corrected chi connectivity index (χ3v) is 2.46. The van der Waals surface area contributed by atoms with Crippen molar-refractivity contribution in [3.8, 4) is 0 Å². The maximum absolute atomic E-state index is 11.4. The maximum atomic E-state index is 11.4. The number of hydrogen-bond acceptors (Lipinski definition) is 4. The van der Waals surface area contributed by atoms with Gasteiger partial charge in [-0.3, -0.25) is 0 Å². The van der Waals surface area contributed by atoms with Crippen molar-refractivity contribution in [1.82, 2.24) is 4.90 Å². The number of nitrogens with zero attached hydrogens (tertiary/aromatic N) is 2. The maximum Gasteiger partial charge on any atom is 0.409 e. The zero-order chi connectivity index (χ0) is 12.3. The van der Waals surface area contributed by atoms with E-state index in [-0.39, 0.29) is 6.09 Å². The van der Waals surface area contributed by atoms with Gasteiger partial charge in [0.1, 0.15) is 0 Å². The number of carbonyl (C=O) groups is 1. The van der Waals surface area contributed by atoms with Crippen LogP contribution in [0.3, 0.4) is 0 Å². The molecule has 5 heteroatoms. The van der Waals surface area contributed by atoms with Crippen LogP contribution in [-0.4, -0.2) is 50.3 Å². The summed E-state index contributed by atoms with van der Waals surface area (Å²) < 4.78 is 9.95. The lowest BCUT2D eigenvalue weighted by Crippen LogP contribution is -2.36. The molecule has 2 aliphatic heterocycles. The van der Waals surface area contributed by atoms with Crippen LogP contribution in [-0.2, 0) is 9.47 Å². The van der Waals surface area contributed by atoms with Crippen LogP contribution in [0.4, 0.5) is 4.79 Å². The van der Waals surface area contributed by atoms with E-state index in [1.165, 1.54) is 6.42 Å². The molecule has 0 bridgehead atoms. The van der Waals surface area contributed by atoms with Gasteiger partial charge in [-0.2, -0.15) is 0 Å². The Kier molecular flexibility index (Phi) is 7.11. The Morgan fingerprint density at radius 3 is 2.53 bits per heavy atom. The third-order valence-electron chi connectivity index (χ3n) is 2.46. The Balaban J connectivity index is 0.000000415. The number of likely N-dealkylation sites (tertiary alicyclic amines) is 1. The highest BCUT2D eigenvalue weighted by atomic mass is 16.6. The first kappa shape index (κ1) is 13.7. The van der Waals surface area contributed by atoms with Crippen molar-refractivity contribution in [1.29, 1.82) is 0 Å². The Hall–Kier alpha value is -1.32. The minimum Gasteiger partial charge on any atom is -0.449 e. The molecule has 0 aromatic rings. The SMILES string of the molecule is C1=CN=1.COCCCOC(=O)N1CCCCC1. The largest absolute Gasteiger partial charge is 0.449 e. The molecule has 1 fully saturated rings. The number of hydrogen-bond donors (Lipinski definition) is 0. The Morgan fingerprint density at radius 2 is 2.00 bits per heavy atom. The predicted molar refractivity (Wildman–Crippen MR) is 65.3 cm³/mol. The average molecular weight is 240 g/mol. The molecule has 0 aromatic carbocycles. The van der Waals surface area contributed by atoms with Crippen molar-refractivity contribution in [3.05, 3.63) is 6.20 Å². The second-order valence-corrected chi connectivity index (χ2v) is 3.90. The Labute approximate surface area is 102 Å². The van der Waals surface area contributed by atoms with E-state index in [1.807, 2.05) is 0 Å². The van der Waals surface area contributed by atoms with Crippen LogP contribution in [0, 0.1) is 0 Å². The molecule has 1 amide bonds. The zero-order valence-corrected chi connectivity index (χ0v) is 10.4. The topological polar surface area (TPSA) is 51.1 Å². The molecule has 5 nitrogen and oxygen atoms in total. The van der Waals surface area contributed by atoms with Gasteiger partial charge in [0.05, 0.1) is 12.8 Å². The molecule has 2 rings (SSSR count). The van der Waals surface area contributed by atoms with E-state index in [9.17, 15) is 4.79 Å². The summed E-state index contributed by atoms with van der Waals surface area (Å²) in [5.74, 6) is 2.50. The van der Waals surface area contributed by atoms with Crippen molar-refractivity contribution >= 4 is 12.0 Å². The first-order valence-electron chi connectivity index (χ1n) is 6.02. The standard InChI is InChI=1S/C10H19NO3.C2HN/c1-13-8-5-9-14-10(12)11-6-3-2-4-7-11;1-2-3-1/h2-9H2,1H3;1H. The highest BCUT2D eigenvalue weighted by molar-refractivity contribution is 5.67. The summed E-state index contributed by atoms with van der Waals surface area (Å²) >= 11 is 0. The van der Waals surface area contributed by atoms with Gasteiger partial charge in [-0.05, 0) is 19.3 Å². The van der Waals surface area contributed by atoms with Crippen LogP contribution in [0.5, 0.6) is 0 Å². The van der Waals surface area contributed by atoms with E-state index < -0.39 is 0 Å². The predicted octanol–water partition coefficient (Wildman–Crippen LogP) is 1.83. The third kappa shape index (κ3) is 7.55. The highest BCUT2D eigenvalue weighted by Gasteiger charge is 2.16. The molecule has 0 aliphatic carbocycles. The number of amides is 1. The molecule has 1 saturated heterocycles. The van der Waals surface area contributed by atoms with E-state index in [2.05, 4.69) is 10.9 Å². The summed E-state index contributed by atoms with van der Waals surface area (Å²) in [5.41, 5.74) is 0. The number of rotatable bonds is 4. The van der Waals surface area contributed by atoms with E-state index >= 15 is 0 Å². The monoisotopic (exact) mass is 240 g/mol. The molecule has 0 N–H and O–H groups in total. The van der Waals surface area contributed by atoms with Gasteiger partial charge < -0.3 is 14.4 Å². The summed E-state index contributed by atoms with van der Waals surface area (Å²) in [7, 11) is 1.65. The fourth-order valence-corrected chi connectivity index (χ4v) is 1.53. The minimum absolute atomic E-state index is 0.166. The number of methoxy groups -OCH3 is 1. The molecule has 2 heterocycles. The van der Waals surface area contributed by atoms with Crippen LogP contribution in [0.1, 0.15) is 25.7 Å². The van der Waals surface area contributed by atoms with Gasteiger partial charge >= 0.3 is 6.09 Å². The smallest absolute Gasteiger partial charge is 0.409 e. The minimum atomic E-state index is -0.166. The quantitative estimate of drug-likeness (QED) is 0.704. The molecule has 2 aliphatic rings. The molecule has 17 heavy (non-hydrogen) atoms. The van der Waals surface area contributed by atoms with Gasteiger partial charge in [0.15, 0.2) is 0 Å². The van der Waals surface area contributed by atoms with Crippen LogP contribution in [0.25, 0.3) is 0 Å². The van der Waals surface area contributed by atoms with Crippen molar-refractivity contribution in [2.24, 2.45) is 4.99 Å². The number of ether oxygens (including phenoxy) is 2. The molecule has 0 saturated carbocycles. The summed E-state index contributed by atoms with van der Waals surface area (Å²) in [6.07, 6.45) is 5.67. The lowest BCUT2D eigenvalue weighted by molar-refractivity contribution is 0.0848. The van der Waals surface area contributed by atoms with E-state index in [4.69, 9.17) is 9.47 Å².